The number of anilines is 2. The van der Waals surface area contributed by atoms with Crippen LogP contribution in [0, 0.1) is 11.3 Å². The second-order valence-electron chi connectivity index (χ2n) is 12.8. The number of hydrogen-bond acceptors (Lipinski definition) is 8. The number of ether oxygens (including phenoxy) is 1. The maximum atomic E-state index is 12.0. The molecule has 42 heavy (non-hydrogen) atoms. The number of carbonyl (C=O) groups is 1. The Morgan fingerprint density at radius 2 is 1.90 bits per heavy atom. The van der Waals surface area contributed by atoms with E-state index < -0.39 is 6.09 Å². The zero-order chi connectivity index (χ0) is 28.8. The zero-order valence-electron chi connectivity index (χ0n) is 24.5. The lowest BCUT2D eigenvalue weighted by Gasteiger charge is -2.42. The van der Waals surface area contributed by atoms with Gasteiger partial charge < -0.3 is 24.5 Å². The van der Waals surface area contributed by atoms with E-state index in [2.05, 4.69) is 46.0 Å². The van der Waals surface area contributed by atoms with Crippen LogP contribution >= 0.6 is 0 Å². The van der Waals surface area contributed by atoms with Crippen LogP contribution in [0.3, 0.4) is 0 Å². The van der Waals surface area contributed by atoms with Gasteiger partial charge in [-0.1, -0.05) is 12.1 Å². The van der Waals surface area contributed by atoms with Gasteiger partial charge in [0.1, 0.15) is 12.4 Å². The van der Waals surface area contributed by atoms with Gasteiger partial charge in [-0.3, -0.25) is 4.90 Å². The molecule has 10 heteroatoms. The molecule has 2 aromatic rings. The number of hydrogen-bond donors (Lipinski definition) is 1. The van der Waals surface area contributed by atoms with Gasteiger partial charge in [-0.15, -0.1) is 0 Å². The van der Waals surface area contributed by atoms with Crippen molar-refractivity contribution in [3.8, 4) is 12.1 Å². The second kappa shape index (κ2) is 11.3. The molecule has 2 bridgehead atoms. The Labute approximate surface area is 247 Å². The van der Waals surface area contributed by atoms with E-state index in [0.717, 1.165) is 75.1 Å². The number of fused-ring (bicyclic) bond motifs is 4. The summed E-state index contributed by atoms with van der Waals surface area (Å²) < 4.78 is 6.32. The third-order valence-electron chi connectivity index (χ3n) is 10.4. The van der Waals surface area contributed by atoms with Crippen molar-refractivity contribution >= 4 is 17.6 Å². The van der Waals surface area contributed by atoms with Gasteiger partial charge in [0.25, 0.3) is 0 Å². The number of benzene rings is 1. The van der Waals surface area contributed by atoms with Crippen LogP contribution in [0.5, 0.6) is 6.01 Å². The molecule has 1 N–H and O–H groups in total. The van der Waals surface area contributed by atoms with Gasteiger partial charge >= 0.3 is 12.1 Å². The summed E-state index contributed by atoms with van der Waals surface area (Å²) in [5, 5.41) is 19.4. The van der Waals surface area contributed by atoms with Gasteiger partial charge in [0.15, 0.2) is 0 Å². The first-order valence-corrected chi connectivity index (χ1v) is 15.7. The first-order valence-electron chi connectivity index (χ1n) is 15.7. The molecule has 3 saturated heterocycles. The van der Waals surface area contributed by atoms with Crippen LogP contribution in [0.4, 0.5) is 16.3 Å². The summed E-state index contributed by atoms with van der Waals surface area (Å²) in [5.74, 6) is 1.20. The van der Waals surface area contributed by atoms with Crippen molar-refractivity contribution in [1.82, 2.24) is 19.8 Å². The minimum atomic E-state index is -0.812. The molecule has 3 fully saturated rings. The predicted molar refractivity (Wildman–Crippen MR) is 159 cm³/mol. The summed E-state index contributed by atoms with van der Waals surface area (Å²) in [4.78, 5) is 30.7. The molecular formula is C32H41N7O3. The smallest absolute Gasteiger partial charge is 0.407 e. The molecule has 222 valence electrons. The average Bonchev–Trinajstić information content (AvgIpc) is 3.53. The zero-order valence-corrected chi connectivity index (χ0v) is 24.5. The highest BCUT2D eigenvalue weighted by molar-refractivity contribution is 5.68. The average molecular weight is 572 g/mol. The number of amides is 1. The fourth-order valence-electron chi connectivity index (χ4n) is 8.23. The van der Waals surface area contributed by atoms with Crippen molar-refractivity contribution in [2.75, 3.05) is 49.6 Å². The van der Waals surface area contributed by atoms with Crippen molar-refractivity contribution in [2.45, 2.75) is 88.4 Å². The van der Waals surface area contributed by atoms with Crippen LogP contribution in [0.25, 0.3) is 0 Å². The minimum Gasteiger partial charge on any atom is -0.465 e. The quantitative estimate of drug-likeness (QED) is 0.546. The number of likely N-dealkylation sites (N-methyl/N-ethyl adjacent to an activating group) is 1. The lowest BCUT2D eigenvalue weighted by Crippen LogP contribution is -2.56. The van der Waals surface area contributed by atoms with Gasteiger partial charge in [-0.05, 0) is 88.1 Å². The SMILES string of the molecule is CN1CCCC1COc1nc2c(c(N3C[C@H]4CC[C@@H](C3)N4C(=O)O)n1)CCN(c1cccc3c1C(CC#N)CCC3)C2. The van der Waals surface area contributed by atoms with Crippen molar-refractivity contribution in [1.29, 1.82) is 5.26 Å². The molecule has 0 saturated carbocycles. The molecule has 0 spiro atoms. The number of piperazine rings is 1. The van der Waals surface area contributed by atoms with Crippen LogP contribution in [-0.4, -0.2) is 88.9 Å². The van der Waals surface area contributed by atoms with Crippen molar-refractivity contribution in [3.05, 3.63) is 40.6 Å². The van der Waals surface area contributed by atoms with Gasteiger partial charge in [0.05, 0.1) is 30.4 Å². The minimum absolute atomic E-state index is 0.00336. The molecule has 5 aliphatic rings. The number of nitrogens with zero attached hydrogens (tertiary/aromatic N) is 7. The molecule has 1 amide bonds. The summed E-state index contributed by atoms with van der Waals surface area (Å²) in [6.07, 6.45) is 7.92. The van der Waals surface area contributed by atoms with E-state index in [1.165, 1.54) is 23.2 Å². The number of likely N-dealkylation sites (tertiary alicyclic amines) is 1. The van der Waals surface area contributed by atoms with Gasteiger partial charge in [0.2, 0.25) is 0 Å². The van der Waals surface area contributed by atoms with E-state index in [9.17, 15) is 15.2 Å². The maximum absolute atomic E-state index is 12.0. The van der Waals surface area contributed by atoms with Gasteiger partial charge in [0, 0.05) is 43.3 Å². The normalized spacial score (nSPS) is 27.0. The van der Waals surface area contributed by atoms with Crippen LogP contribution < -0.4 is 14.5 Å². The number of nitriles is 1. The summed E-state index contributed by atoms with van der Waals surface area (Å²) in [6.45, 7) is 4.49. The molecule has 1 aromatic heterocycles. The maximum Gasteiger partial charge on any atom is 0.407 e. The van der Waals surface area contributed by atoms with E-state index in [0.29, 0.717) is 44.7 Å². The Balaban J connectivity index is 1.21. The number of aryl methyl sites for hydroxylation is 1. The molecule has 4 aliphatic heterocycles. The number of aromatic nitrogens is 2. The Bertz CT molecular complexity index is 1380. The Hall–Kier alpha value is -3.58. The highest BCUT2D eigenvalue weighted by Crippen LogP contribution is 2.42. The monoisotopic (exact) mass is 571 g/mol. The Morgan fingerprint density at radius 3 is 2.64 bits per heavy atom. The third kappa shape index (κ3) is 4.91. The molecule has 7 rings (SSSR count). The largest absolute Gasteiger partial charge is 0.465 e. The van der Waals surface area contributed by atoms with Crippen molar-refractivity contribution in [2.24, 2.45) is 0 Å². The second-order valence-corrected chi connectivity index (χ2v) is 12.8. The summed E-state index contributed by atoms with van der Waals surface area (Å²) >= 11 is 0. The van der Waals surface area contributed by atoms with Crippen molar-refractivity contribution < 1.29 is 14.6 Å². The number of rotatable bonds is 6. The third-order valence-corrected chi connectivity index (χ3v) is 10.4. The van der Waals surface area contributed by atoms with Crippen LogP contribution in [0.2, 0.25) is 0 Å². The molecule has 2 unspecified atom stereocenters. The van der Waals surface area contributed by atoms with E-state index in [4.69, 9.17) is 14.7 Å². The van der Waals surface area contributed by atoms with Crippen LogP contribution in [0.1, 0.15) is 73.2 Å². The first kappa shape index (κ1) is 27.3. The van der Waals surface area contributed by atoms with Gasteiger partial charge in [-0.25, -0.2) is 4.79 Å². The molecule has 10 nitrogen and oxygen atoms in total. The standard InChI is InChI=1S/C32H41N7O3/c1-36-15-4-8-25(36)20-42-31-34-27-19-37(28-9-3-7-21-5-2-6-22(12-14-33)29(21)28)16-13-26(27)30(35-31)38-17-23-10-11-24(18-38)39(23)32(40)41/h3,7,9,22-25H,2,4-6,8,10-13,15-20H2,1H3,(H,40,41)/t22?,23-,24+,25?. The van der Waals surface area contributed by atoms with Gasteiger partial charge in [-0.2, -0.15) is 15.2 Å². The van der Waals surface area contributed by atoms with E-state index >= 15 is 0 Å². The van der Waals surface area contributed by atoms with E-state index in [1.54, 1.807) is 4.90 Å². The van der Waals surface area contributed by atoms with E-state index in [-0.39, 0.29) is 18.0 Å². The molecule has 5 heterocycles. The molecule has 1 aromatic carbocycles. The fraction of sp³-hybridized carbons (Fsp3) is 0.625. The van der Waals surface area contributed by atoms with Crippen LogP contribution in [-0.2, 0) is 19.4 Å². The Morgan fingerprint density at radius 1 is 1.07 bits per heavy atom. The highest BCUT2D eigenvalue weighted by atomic mass is 16.5. The summed E-state index contributed by atoms with van der Waals surface area (Å²) in [6, 6.07) is 9.84. The number of carboxylic acid groups (broad SMARTS) is 1. The fourth-order valence-corrected chi connectivity index (χ4v) is 8.23. The summed E-state index contributed by atoms with van der Waals surface area (Å²) in [5.41, 5.74) is 6.13. The molecule has 4 atom stereocenters. The molecular weight excluding hydrogens is 530 g/mol. The summed E-state index contributed by atoms with van der Waals surface area (Å²) in [7, 11) is 2.15. The predicted octanol–water partition coefficient (Wildman–Crippen LogP) is 4.18. The Kier molecular flexibility index (Phi) is 7.30. The lowest BCUT2D eigenvalue weighted by atomic mass is 9.80. The van der Waals surface area contributed by atoms with E-state index in [1.807, 2.05) is 0 Å². The molecule has 1 aliphatic carbocycles. The first-order chi connectivity index (χ1) is 20.5. The topological polar surface area (TPSA) is 109 Å². The van der Waals surface area contributed by atoms with Crippen LogP contribution in [0.15, 0.2) is 18.2 Å². The van der Waals surface area contributed by atoms with Crippen molar-refractivity contribution in [3.63, 3.8) is 0 Å². The lowest BCUT2D eigenvalue weighted by molar-refractivity contribution is 0.114. The molecule has 0 radical (unpaired) electrons. The highest BCUT2D eigenvalue weighted by Gasteiger charge is 2.44.